The van der Waals surface area contributed by atoms with E-state index in [0.717, 1.165) is 78.4 Å². The molecule has 0 atom stereocenters. The van der Waals surface area contributed by atoms with E-state index in [0.29, 0.717) is 0 Å². The van der Waals surface area contributed by atoms with Crippen molar-refractivity contribution in [3.8, 4) is 11.4 Å². The van der Waals surface area contributed by atoms with Crippen LogP contribution in [0.25, 0.3) is 67.1 Å². The minimum absolute atomic E-state index is 0.00779. The van der Waals surface area contributed by atoms with Crippen molar-refractivity contribution in [3.05, 3.63) is 212 Å². The van der Waals surface area contributed by atoms with Crippen molar-refractivity contribution in [2.75, 3.05) is 4.90 Å². The molecule has 4 aromatic heterocycles. The molecule has 2 aliphatic rings. The van der Waals surface area contributed by atoms with E-state index in [2.05, 4.69) is 235 Å². The second-order valence-electron chi connectivity index (χ2n) is 17.4. The van der Waals surface area contributed by atoms with Crippen LogP contribution in [0, 0.1) is 0 Å². The number of hydrogen-bond acceptors (Lipinski definition) is 3. The molecular weight excluding hydrogens is 792 g/mol. The predicted octanol–water partition coefficient (Wildman–Crippen LogP) is 8.31. The number of imidazole rings is 4. The zero-order valence-electron chi connectivity index (χ0n) is 35.0. The fraction of sp³-hybridized carbons (Fsp3) is 0. The maximum atomic E-state index is 5.29. The summed E-state index contributed by atoms with van der Waals surface area (Å²) in [6.45, 7) is 0.0156. The van der Waals surface area contributed by atoms with E-state index < -0.39 is 0 Å². The number of nitrogens with zero attached hydrogens (tertiary/aromatic N) is 7. The minimum Gasteiger partial charge on any atom is -0.312 e. The molecule has 0 amide bonds. The summed E-state index contributed by atoms with van der Waals surface area (Å²) in [7, 11) is 0. The molecule has 300 valence electrons. The maximum Gasteiger partial charge on any atom is 0.246 e. The Kier molecular flexibility index (Phi) is 6.99. The zero-order chi connectivity index (χ0) is 42.3. The molecule has 9 aromatic carbocycles. The van der Waals surface area contributed by atoms with Crippen LogP contribution in [0.5, 0.6) is 0 Å². The molecule has 0 aliphatic carbocycles. The lowest BCUT2D eigenvalue weighted by atomic mass is 9.30. The third-order valence-corrected chi connectivity index (χ3v) is 14.1. The van der Waals surface area contributed by atoms with Gasteiger partial charge in [-0.1, -0.05) is 150 Å². The van der Waals surface area contributed by atoms with Gasteiger partial charge in [-0.3, -0.25) is 17.9 Å². The average Bonchev–Trinajstić information content (AvgIpc) is 4.11. The molecule has 7 nitrogen and oxygen atoms in total. The molecule has 6 heterocycles. The topological polar surface area (TPSA) is 47.7 Å². The van der Waals surface area contributed by atoms with Crippen LogP contribution in [0.3, 0.4) is 0 Å². The van der Waals surface area contributed by atoms with Gasteiger partial charge in [0.1, 0.15) is 0 Å². The van der Waals surface area contributed by atoms with Gasteiger partial charge in [0.05, 0.1) is 55.5 Å². The lowest BCUT2D eigenvalue weighted by molar-refractivity contribution is 1.10. The van der Waals surface area contributed by atoms with Gasteiger partial charge in [0.15, 0.2) is 0 Å². The number of fused-ring (bicyclic) bond motifs is 14. The molecular formula is C56H35B2N7. The molecule has 0 N–H and O–H groups in total. The molecule has 15 rings (SSSR count). The van der Waals surface area contributed by atoms with Gasteiger partial charge in [0.2, 0.25) is 25.0 Å². The summed E-state index contributed by atoms with van der Waals surface area (Å²) >= 11 is 0. The van der Waals surface area contributed by atoms with Crippen LogP contribution in [0.1, 0.15) is 0 Å². The standard InChI is InChI=1S/C56H35B2N7/c1-3-16-36(17-4-1)57-40-32-30-38(61-48-26-11-13-28-50(48)64-46-24-9-7-22-44(46)59-55(61)64)34-52(40)63-53-35-39(62-49-27-12-14-29-51(49)65-47-25-10-8-23-45(47)60-56(62)65)31-33-41(53)58(37-18-5-2-6-19-37)43-21-15-20-42(57)54(43)63/h1-35H. The van der Waals surface area contributed by atoms with Crippen molar-refractivity contribution in [3.63, 3.8) is 0 Å². The van der Waals surface area contributed by atoms with Gasteiger partial charge in [-0.25, -0.2) is 9.97 Å². The Bertz CT molecular complexity index is 3850. The van der Waals surface area contributed by atoms with Gasteiger partial charge >= 0.3 is 0 Å². The van der Waals surface area contributed by atoms with Crippen molar-refractivity contribution in [2.24, 2.45) is 0 Å². The van der Waals surface area contributed by atoms with Crippen LogP contribution >= 0.6 is 0 Å². The van der Waals surface area contributed by atoms with Crippen molar-refractivity contribution < 1.29 is 0 Å². The highest BCUT2D eigenvalue weighted by Gasteiger charge is 2.43. The Morgan fingerprint density at radius 3 is 1.18 bits per heavy atom. The third-order valence-electron chi connectivity index (χ3n) is 14.1. The highest BCUT2D eigenvalue weighted by atomic mass is 15.2. The van der Waals surface area contributed by atoms with Crippen LogP contribution in [-0.2, 0) is 0 Å². The number of anilines is 3. The van der Waals surface area contributed by atoms with Gasteiger partial charge in [0, 0.05) is 17.1 Å². The van der Waals surface area contributed by atoms with Gasteiger partial charge in [-0.2, -0.15) is 0 Å². The van der Waals surface area contributed by atoms with Gasteiger partial charge in [-0.05, 0) is 94.6 Å². The summed E-state index contributed by atoms with van der Waals surface area (Å²) < 4.78 is 9.29. The van der Waals surface area contributed by atoms with Crippen LogP contribution in [-0.4, -0.2) is 41.3 Å². The first-order valence-corrected chi connectivity index (χ1v) is 22.3. The van der Waals surface area contributed by atoms with Crippen LogP contribution in [0.4, 0.5) is 17.1 Å². The van der Waals surface area contributed by atoms with Gasteiger partial charge in [0.25, 0.3) is 0 Å². The monoisotopic (exact) mass is 827 g/mol. The van der Waals surface area contributed by atoms with Crippen molar-refractivity contribution >= 4 is 119 Å². The highest BCUT2D eigenvalue weighted by molar-refractivity contribution is 7.02. The zero-order valence-corrected chi connectivity index (χ0v) is 35.0. The van der Waals surface area contributed by atoms with Crippen molar-refractivity contribution in [2.45, 2.75) is 0 Å². The molecule has 0 saturated carbocycles. The SMILES string of the molecule is c1ccc(B2c3ccc(-n4c5ccccc5n5c6ccccc6nc45)cc3N3c4cc(-n5c6ccccc6n6c7ccccc7nc56)ccc4B(c4ccccc4)c4cccc2c43)cc1. The van der Waals surface area contributed by atoms with E-state index in [9.17, 15) is 0 Å². The van der Waals surface area contributed by atoms with Crippen LogP contribution < -0.4 is 37.7 Å². The Morgan fingerprint density at radius 1 is 0.323 bits per heavy atom. The number of hydrogen-bond donors (Lipinski definition) is 0. The second kappa shape index (κ2) is 13.0. The van der Waals surface area contributed by atoms with E-state index >= 15 is 0 Å². The van der Waals surface area contributed by atoms with E-state index in [4.69, 9.17) is 9.97 Å². The van der Waals surface area contributed by atoms with Crippen LogP contribution in [0.2, 0.25) is 0 Å². The Labute approximate surface area is 373 Å². The van der Waals surface area contributed by atoms with E-state index in [1.165, 1.54) is 38.5 Å². The van der Waals surface area contributed by atoms with E-state index in [1.54, 1.807) is 0 Å². The van der Waals surface area contributed by atoms with Gasteiger partial charge in [-0.15, -0.1) is 0 Å². The lowest BCUT2D eigenvalue weighted by Gasteiger charge is -2.44. The Morgan fingerprint density at radius 2 is 0.723 bits per heavy atom. The molecule has 0 radical (unpaired) electrons. The predicted molar refractivity (Wildman–Crippen MR) is 269 cm³/mol. The smallest absolute Gasteiger partial charge is 0.246 e. The first kappa shape index (κ1) is 35.0. The molecule has 9 heteroatoms. The summed E-state index contributed by atoms with van der Waals surface area (Å²) in [6, 6.07) is 77.5. The summed E-state index contributed by atoms with van der Waals surface area (Å²) in [5, 5.41) is 0. The normalized spacial score (nSPS) is 13.1. The molecule has 13 aromatic rings. The number of benzene rings is 9. The molecule has 0 spiro atoms. The number of rotatable bonds is 4. The quantitative estimate of drug-likeness (QED) is 0.168. The molecule has 0 bridgehead atoms. The van der Waals surface area contributed by atoms with Crippen molar-refractivity contribution in [1.29, 1.82) is 0 Å². The van der Waals surface area contributed by atoms with E-state index in [-0.39, 0.29) is 13.4 Å². The third kappa shape index (κ3) is 4.71. The molecule has 2 aliphatic heterocycles. The molecule has 0 saturated heterocycles. The first-order chi connectivity index (χ1) is 32.3. The fourth-order valence-electron chi connectivity index (χ4n) is 11.4. The summed E-state index contributed by atoms with van der Waals surface area (Å²) in [4.78, 5) is 13.2. The summed E-state index contributed by atoms with van der Waals surface area (Å²) in [5.74, 6) is 1.79. The average molecular weight is 828 g/mol. The molecule has 0 unspecified atom stereocenters. The maximum absolute atomic E-state index is 5.29. The Hall–Kier alpha value is -8.55. The summed E-state index contributed by atoms with van der Waals surface area (Å²) in [6.07, 6.45) is 0. The summed E-state index contributed by atoms with van der Waals surface area (Å²) in [5.41, 5.74) is 21.9. The molecule has 65 heavy (non-hydrogen) atoms. The lowest BCUT2D eigenvalue weighted by Crippen LogP contribution is -2.65. The molecule has 0 fully saturated rings. The van der Waals surface area contributed by atoms with Gasteiger partial charge < -0.3 is 4.90 Å². The van der Waals surface area contributed by atoms with Crippen molar-refractivity contribution in [1.82, 2.24) is 27.9 Å². The minimum atomic E-state index is 0.00779. The highest BCUT2D eigenvalue weighted by Crippen LogP contribution is 2.41. The largest absolute Gasteiger partial charge is 0.312 e. The first-order valence-electron chi connectivity index (χ1n) is 22.3. The Balaban J connectivity index is 1.05. The fourth-order valence-corrected chi connectivity index (χ4v) is 11.4. The second-order valence-corrected chi connectivity index (χ2v) is 17.4. The number of para-hydroxylation sites is 9. The number of aromatic nitrogens is 6. The van der Waals surface area contributed by atoms with E-state index in [1.807, 2.05) is 0 Å². The van der Waals surface area contributed by atoms with Crippen LogP contribution in [0.15, 0.2) is 212 Å².